The second-order valence-corrected chi connectivity index (χ2v) is 5.99. The zero-order valence-electron chi connectivity index (χ0n) is 13.8. The second-order valence-electron chi connectivity index (χ2n) is 5.99. The molecule has 0 N–H and O–H groups in total. The lowest BCUT2D eigenvalue weighted by molar-refractivity contribution is 0.0525. The lowest BCUT2D eigenvalue weighted by atomic mass is 10.1. The van der Waals surface area contributed by atoms with Crippen LogP contribution in [0.5, 0.6) is 0 Å². The third-order valence-corrected chi connectivity index (χ3v) is 4.43. The van der Waals surface area contributed by atoms with Gasteiger partial charge in [0.25, 0.3) is 0 Å². The molecule has 1 aliphatic heterocycles. The van der Waals surface area contributed by atoms with Crippen LogP contribution in [0.15, 0.2) is 42.9 Å². The van der Waals surface area contributed by atoms with Crippen LogP contribution in [-0.2, 0) is 4.74 Å². The van der Waals surface area contributed by atoms with Gasteiger partial charge in [-0.2, -0.15) is 5.10 Å². The predicted octanol–water partition coefficient (Wildman–Crippen LogP) is 2.82. The number of anilines is 1. The molecule has 1 aromatic carbocycles. The zero-order chi connectivity index (χ0) is 16.4. The van der Waals surface area contributed by atoms with Crippen LogP contribution in [-0.4, -0.2) is 45.5 Å². The maximum Gasteiger partial charge on any atom is 0.168 e. The number of para-hydroxylation sites is 1. The number of nitrogens with zero attached hydrogens (tertiary/aromatic N) is 5. The lowest BCUT2D eigenvalue weighted by Gasteiger charge is -2.33. The fourth-order valence-electron chi connectivity index (χ4n) is 3.34. The molecule has 1 saturated heterocycles. The molecule has 0 spiro atoms. The number of aromatic nitrogens is 4. The van der Waals surface area contributed by atoms with Crippen molar-refractivity contribution in [1.82, 2.24) is 19.7 Å². The Labute approximate surface area is 141 Å². The van der Waals surface area contributed by atoms with Crippen molar-refractivity contribution in [1.29, 1.82) is 0 Å². The van der Waals surface area contributed by atoms with E-state index in [1.165, 1.54) is 0 Å². The Hall–Kier alpha value is -2.47. The van der Waals surface area contributed by atoms with Crippen LogP contribution in [0.3, 0.4) is 0 Å². The number of hydrogen-bond acceptors (Lipinski definition) is 5. The van der Waals surface area contributed by atoms with Crippen molar-refractivity contribution >= 4 is 16.9 Å². The summed E-state index contributed by atoms with van der Waals surface area (Å²) < 4.78 is 7.68. The molecule has 0 saturated carbocycles. The molecule has 1 unspecified atom stereocenters. The van der Waals surface area contributed by atoms with Crippen LogP contribution in [0.4, 0.5) is 5.82 Å². The number of ether oxygens (including phenoxy) is 1. The van der Waals surface area contributed by atoms with Gasteiger partial charge >= 0.3 is 0 Å². The van der Waals surface area contributed by atoms with Gasteiger partial charge in [-0.25, -0.2) is 14.6 Å². The van der Waals surface area contributed by atoms with Gasteiger partial charge in [-0.15, -0.1) is 0 Å². The first-order chi connectivity index (χ1) is 11.9. The summed E-state index contributed by atoms with van der Waals surface area (Å²) in [6.45, 7) is 4.66. The van der Waals surface area contributed by atoms with Crippen molar-refractivity contribution in [2.24, 2.45) is 0 Å². The predicted molar refractivity (Wildman–Crippen MR) is 93.5 cm³/mol. The minimum atomic E-state index is 0.276. The summed E-state index contributed by atoms with van der Waals surface area (Å²) in [7, 11) is 0. The fourth-order valence-corrected chi connectivity index (χ4v) is 3.34. The first-order valence-corrected chi connectivity index (χ1v) is 8.47. The lowest BCUT2D eigenvalue weighted by Crippen LogP contribution is -2.40. The van der Waals surface area contributed by atoms with Gasteiger partial charge < -0.3 is 9.64 Å². The van der Waals surface area contributed by atoms with Crippen LogP contribution in [0.1, 0.15) is 19.8 Å². The van der Waals surface area contributed by atoms with Crippen molar-refractivity contribution in [2.45, 2.75) is 25.9 Å². The van der Waals surface area contributed by atoms with E-state index in [9.17, 15) is 0 Å². The van der Waals surface area contributed by atoms with Crippen LogP contribution in [0.25, 0.3) is 16.7 Å². The van der Waals surface area contributed by atoms with E-state index in [1.807, 2.05) is 48.1 Å². The van der Waals surface area contributed by atoms with E-state index in [1.54, 1.807) is 6.33 Å². The maximum absolute atomic E-state index is 5.82. The van der Waals surface area contributed by atoms with Gasteiger partial charge in [-0.05, 0) is 31.9 Å². The first-order valence-electron chi connectivity index (χ1n) is 8.47. The van der Waals surface area contributed by atoms with E-state index in [2.05, 4.69) is 20.0 Å². The topological polar surface area (TPSA) is 56.1 Å². The van der Waals surface area contributed by atoms with E-state index < -0.39 is 0 Å². The van der Waals surface area contributed by atoms with Crippen molar-refractivity contribution < 1.29 is 4.74 Å². The highest BCUT2D eigenvalue weighted by molar-refractivity contribution is 5.87. The Bertz CT molecular complexity index is 815. The molecule has 6 nitrogen and oxygen atoms in total. The molecule has 0 bridgehead atoms. The summed E-state index contributed by atoms with van der Waals surface area (Å²) in [6.07, 6.45) is 5.99. The van der Waals surface area contributed by atoms with Crippen molar-refractivity contribution in [3.63, 3.8) is 0 Å². The second kappa shape index (κ2) is 6.57. The third kappa shape index (κ3) is 2.73. The molecular formula is C18H21N5O. The van der Waals surface area contributed by atoms with Gasteiger partial charge in [-0.3, -0.25) is 0 Å². The summed E-state index contributed by atoms with van der Waals surface area (Å²) >= 11 is 0. The SMILES string of the molecule is CCOC1CCCN(c2ncnc3c2cnn3-c2ccccc2)C1. The normalized spacial score (nSPS) is 18.2. The summed E-state index contributed by atoms with van der Waals surface area (Å²) in [5.41, 5.74) is 1.84. The summed E-state index contributed by atoms with van der Waals surface area (Å²) in [4.78, 5) is 11.3. The van der Waals surface area contributed by atoms with E-state index in [-0.39, 0.29) is 6.10 Å². The van der Waals surface area contributed by atoms with Gasteiger partial charge in [0.1, 0.15) is 12.1 Å². The van der Waals surface area contributed by atoms with E-state index in [4.69, 9.17) is 4.74 Å². The molecule has 6 heteroatoms. The highest BCUT2D eigenvalue weighted by Gasteiger charge is 2.23. The van der Waals surface area contributed by atoms with Gasteiger partial charge in [0.2, 0.25) is 0 Å². The highest BCUT2D eigenvalue weighted by Crippen LogP contribution is 2.27. The Morgan fingerprint density at radius 2 is 2.08 bits per heavy atom. The molecule has 3 heterocycles. The summed E-state index contributed by atoms with van der Waals surface area (Å²) in [5, 5.41) is 5.52. The average molecular weight is 323 g/mol. The minimum Gasteiger partial charge on any atom is -0.377 e. The van der Waals surface area contributed by atoms with Crippen molar-refractivity contribution in [3.05, 3.63) is 42.9 Å². The molecular weight excluding hydrogens is 302 g/mol. The molecule has 1 atom stereocenters. The number of hydrogen-bond donors (Lipinski definition) is 0. The summed E-state index contributed by atoms with van der Waals surface area (Å²) in [6, 6.07) is 10.1. The van der Waals surface area contributed by atoms with Gasteiger partial charge in [-0.1, -0.05) is 18.2 Å². The standard InChI is InChI=1S/C18H21N5O/c1-2-24-15-9-6-10-22(12-15)17-16-11-21-23(18(16)20-13-19-17)14-7-4-3-5-8-14/h3-5,7-8,11,13,15H,2,6,9-10,12H2,1H3. The molecule has 1 aliphatic rings. The number of rotatable bonds is 4. The largest absolute Gasteiger partial charge is 0.377 e. The number of benzene rings is 1. The molecule has 0 aliphatic carbocycles. The quantitative estimate of drug-likeness (QED) is 0.739. The smallest absolute Gasteiger partial charge is 0.168 e. The molecule has 124 valence electrons. The van der Waals surface area contributed by atoms with Crippen molar-refractivity contribution in [3.8, 4) is 5.69 Å². The molecule has 1 fully saturated rings. The first kappa shape index (κ1) is 15.1. The van der Waals surface area contributed by atoms with Crippen LogP contribution < -0.4 is 4.90 Å². The molecule has 24 heavy (non-hydrogen) atoms. The van der Waals surface area contributed by atoms with Gasteiger partial charge in [0, 0.05) is 19.7 Å². The molecule has 3 aromatic rings. The van der Waals surface area contributed by atoms with E-state index >= 15 is 0 Å². The number of fused-ring (bicyclic) bond motifs is 1. The van der Waals surface area contributed by atoms with Crippen LogP contribution >= 0.6 is 0 Å². The molecule has 0 radical (unpaired) electrons. The van der Waals surface area contributed by atoms with Crippen LogP contribution in [0.2, 0.25) is 0 Å². The molecule has 2 aromatic heterocycles. The number of piperidine rings is 1. The van der Waals surface area contributed by atoms with Gasteiger partial charge in [0.15, 0.2) is 5.65 Å². The molecule has 0 amide bonds. The Morgan fingerprint density at radius 1 is 1.21 bits per heavy atom. The average Bonchev–Trinajstić information content (AvgIpc) is 3.07. The molecule has 4 rings (SSSR count). The fraction of sp³-hybridized carbons (Fsp3) is 0.389. The maximum atomic E-state index is 5.82. The Balaban J connectivity index is 1.71. The minimum absolute atomic E-state index is 0.276. The Morgan fingerprint density at radius 3 is 2.92 bits per heavy atom. The zero-order valence-corrected chi connectivity index (χ0v) is 13.8. The van der Waals surface area contributed by atoms with Gasteiger partial charge in [0.05, 0.1) is 23.4 Å². The Kier molecular flexibility index (Phi) is 4.13. The van der Waals surface area contributed by atoms with Crippen LogP contribution in [0, 0.1) is 0 Å². The van der Waals surface area contributed by atoms with E-state index in [0.29, 0.717) is 0 Å². The third-order valence-electron chi connectivity index (χ3n) is 4.43. The monoisotopic (exact) mass is 323 g/mol. The highest BCUT2D eigenvalue weighted by atomic mass is 16.5. The summed E-state index contributed by atoms with van der Waals surface area (Å²) in [5.74, 6) is 0.951. The van der Waals surface area contributed by atoms with Crippen molar-refractivity contribution in [2.75, 3.05) is 24.6 Å². The van der Waals surface area contributed by atoms with E-state index in [0.717, 1.165) is 55.1 Å².